The molecule has 1 heterocycles. The van der Waals surface area contributed by atoms with E-state index in [0.29, 0.717) is 23.1 Å². The van der Waals surface area contributed by atoms with E-state index in [9.17, 15) is 4.79 Å². The molecule has 0 bridgehead atoms. The normalized spacial score (nSPS) is 15.4. The van der Waals surface area contributed by atoms with Crippen molar-refractivity contribution in [2.75, 3.05) is 24.7 Å². The van der Waals surface area contributed by atoms with E-state index in [1.54, 1.807) is 4.68 Å². The van der Waals surface area contributed by atoms with Crippen molar-refractivity contribution in [1.82, 2.24) is 9.78 Å². The molecule has 1 aliphatic rings. The summed E-state index contributed by atoms with van der Waals surface area (Å²) in [7, 11) is 1.35. The molecular weight excluding hydrogens is 244 g/mol. The number of nitrogens with one attached hydrogen (secondary N) is 1. The van der Waals surface area contributed by atoms with E-state index in [4.69, 9.17) is 10.5 Å². The number of methoxy groups -OCH3 is 1. The highest BCUT2D eigenvalue weighted by molar-refractivity contribution is 5.99. The summed E-state index contributed by atoms with van der Waals surface area (Å²) in [5.41, 5.74) is 6.09. The third-order valence-corrected chi connectivity index (χ3v) is 3.20. The molecule has 0 saturated heterocycles. The number of nitrogens with two attached hydrogens (primary N) is 1. The zero-order valence-corrected chi connectivity index (χ0v) is 12.0. The highest BCUT2D eigenvalue weighted by atomic mass is 16.5. The van der Waals surface area contributed by atoms with Crippen LogP contribution in [0.15, 0.2) is 0 Å². The number of hydrogen-bond donors (Lipinski definition) is 2. The number of aromatic nitrogens is 2. The molecule has 1 fully saturated rings. The number of hydrogen-bond acceptors (Lipinski definition) is 5. The lowest BCUT2D eigenvalue weighted by atomic mass is 10.1. The molecule has 1 aromatic heterocycles. The van der Waals surface area contributed by atoms with Gasteiger partial charge in [0.25, 0.3) is 0 Å². The summed E-state index contributed by atoms with van der Waals surface area (Å²) in [6.07, 6.45) is 2.46. The Morgan fingerprint density at radius 1 is 1.53 bits per heavy atom. The Labute approximate surface area is 113 Å². The number of carbonyl (C=O) groups excluding carboxylic acids is 1. The van der Waals surface area contributed by atoms with Crippen molar-refractivity contribution >= 4 is 17.6 Å². The summed E-state index contributed by atoms with van der Waals surface area (Å²) in [5.74, 6) is 1.10. The largest absolute Gasteiger partial charge is 0.465 e. The van der Waals surface area contributed by atoms with Gasteiger partial charge in [-0.2, -0.15) is 5.10 Å². The van der Waals surface area contributed by atoms with Crippen molar-refractivity contribution in [3.63, 3.8) is 0 Å². The Hall–Kier alpha value is -1.72. The molecule has 6 nitrogen and oxygen atoms in total. The SMILES string of the molecule is COC(=O)c1c(NCC2CC2)nn(C(C)(C)C)c1N. The number of carbonyl (C=O) groups is 1. The van der Waals surface area contributed by atoms with E-state index in [1.807, 2.05) is 20.8 Å². The second kappa shape index (κ2) is 4.75. The van der Waals surface area contributed by atoms with Crippen LogP contribution in [0.5, 0.6) is 0 Å². The first-order valence-corrected chi connectivity index (χ1v) is 6.55. The zero-order valence-electron chi connectivity index (χ0n) is 12.0. The van der Waals surface area contributed by atoms with Crippen molar-refractivity contribution in [1.29, 1.82) is 0 Å². The second-order valence-electron chi connectivity index (χ2n) is 6.01. The minimum absolute atomic E-state index is 0.285. The van der Waals surface area contributed by atoms with Crippen LogP contribution in [-0.2, 0) is 10.3 Å². The van der Waals surface area contributed by atoms with Crippen molar-refractivity contribution in [3.8, 4) is 0 Å². The van der Waals surface area contributed by atoms with E-state index in [2.05, 4.69) is 10.4 Å². The highest BCUT2D eigenvalue weighted by Crippen LogP contribution is 2.31. The predicted molar refractivity (Wildman–Crippen MR) is 74.2 cm³/mol. The van der Waals surface area contributed by atoms with Gasteiger partial charge >= 0.3 is 5.97 Å². The van der Waals surface area contributed by atoms with Crippen LogP contribution >= 0.6 is 0 Å². The maximum atomic E-state index is 11.9. The van der Waals surface area contributed by atoms with Crippen LogP contribution in [0.4, 0.5) is 11.6 Å². The fourth-order valence-electron chi connectivity index (χ4n) is 1.93. The summed E-state index contributed by atoms with van der Waals surface area (Å²) in [6, 6.07) is 0. The van der Waals surface area contributed by atoms with Crippen LogP contribution in [-0.4, -0.2) is 29.4 Å². The van der Waals surface area contributed by atoms with E-state index < -0.39 is 5.97 Å². The molecule has 0 aliphatic heterocycles. The van der Waals surface area contributed by atoms with Gasteiger partial charge in [-0.05, 0) is 39.5 Å². The van der Waals surface area contributed by atoms with Gasteiger partial charge in [0.1, 0.15) is 11.4 Å². The van der Waals surface area contributed by atoms with Gasteiger partial charge in [-0.1, -0.05) is 0 Å². The van der Waals surface area contributed by atoms with Crippen LogP contribution in [0, 0.1) is 5.92 Å². The van der Waals surface area contributed by atoms with E-state index in [1.165, 1.54) is 20.0 Å². The molecule has 1 aliphatic carbocycles. The standard InChI is InChI=1S/C13H22N4O2/c1-13(2,3)17-10(14)9(12(18)19-4)11(16-17)15-7-8-5-6-8/h8H,5-7,14H2,1-4H3,(H,15,16). The number of nitrogens with zero attached hydrogens (tertiary/aromatic N) is 2. The molecule has 0 amide bonds. The average Bonchev–Trinajstić information content (AvgIpc) is 3.08. The number of anilines is 2. The molecule has 0 spiro atoms. The van der Waals surface area contributed by atoms with Crippen LogP contribution < -0.4 is 11.1 Å². The molecule has 19 heavy (non-hydrogen) atoms. The average molecular weight is 266 g/mol. The Morgan fingerprint density at radius 2 is 2.16 bits per heavy atom. The molecule has 3 N–H and O–H groups in total. The van der Waals surface area contributed by atoms with E-state index >= 15 is 0 Å². The fourth-order valence-corrected chi connectivity index (χ4v) is 1.93. The van der Waals surface area contributed by atoms with Gasteiger partial charge < -0.3 is 15.8 Å². The molecule has 106 valence electrons. The number of esters is 1. The van der Waals surface area contributed by atoms with Crippen LogP contribution in [0.3, 0.4) is 0 Å². The van der Waals surface area contributed by atoms with Gasteiger partial charge in [0.2, 0.25) is 0 Å². The van der Waals surface area contributed by atoms with Crippen molar-refractivity contribution in [2.45, 2.75) is 39.2 Å². The van der Waals surface area contributed by atoms with Crippen LogP contribution in [0.25, 0.3) is 0 Å². The van der Waals surface area contributed by atoms with Gasteiger partial charge in [0.05, 0.1) is 12.6 Å². The van der Waals surface area contributed by atoms with Crippen LogP contribution in [0.2, 0.25) is 0 Å². The molecule has 2 rings (SSSR count). The number of ether oxygens (including phenoxy) is 1. The van der Waals surface area contributed by atoms with Crippen LogP contribution in [0.1, 0.15) is 44.0 Å². The second-order valence-corrected chi connectivity index (χ2v) is 6.01. The summed E-state index contributed by atoms with van der Waals surface area (Å²) < 4.78 is 6.46. The molecule has 0 atom stereocenters. The summed E-state index contributed by atoms with van der Waals surface area (Å²) in [6.45, 7) is 6.79. The first-order chi connectivity index (χ1) is 8.84. The quantitative estimate of drug-likeness (QED) is 0.812. The summed E-state index contributed by atoms with van der Waals surface area (Å²) >= 11 is 0. The maximum Gasteiger partial charge on any atom is 0.345 e. The van der Waals surface area contributed by atoms with Gasteiger partial charge in [0.15, 0.2) is 5.82 Å². The lowest BCUT2D eigenvalue weighted by Gasteiger charge is -2.20. The molecule has 6 heteroatoms. The maximum absolute atomic E-state index is 11.9. The lowest BCUT2D eigenvalue weighted by Crippen LogP contribution is -2.25. The summed E-state index contributed by atoms with van der Waals surface area (Å²) in [4.78, 5) is 11.9. The first kappa shape index (κ1) is 13.7. The molecule has 0 aromatic carbocycles. The molecular formula is C13H22N4O2. The lowest BCUT2D eigenvalue weighted by molar-refractivity contribution is 0.0603. The van der Waals surface area contributed by atoms with Crippen molar-refractivity contribution in [3.05, 3.63) is 5.56 Å². The zero-order chi connectivity index (χ0) is 14.2. The Balaban J connectivity index is 2.35. The third kappa shape index (κ3) is 2.83. The third-order valence-electron chi connectivity index (χ3n) is 3.20. The van der Waals surface area contributed by atoms with Crippen molar-refractivity contribution in [2.24, 2.45) is 5.92 Å². The molecule has 1 aromatic rings. The number of nitrogen functional groups attached to an aromatic ring is 1. The molecule has 1 saturated carbocycles. The fraction of sp³-hybridized carbons (Fsp3) is 0.692. The highest BCUT2D eigenvalue weighted by Gasteiger charge is 2.29. The minimum atomic E-state index is -0.453. The van der Waals surface area contributed by atoms with Gasteiger partial charge in [0, 0.05) is 6.54 Å². The monoisotopic (exact) mass is 266 g/mol. The van der Waals surface area contributed by atoms with Crippen molar-refractivity contribution < 1.29 is 9.53 Å². The Bertz CT molecular complexity index is 484. The topological polar surface area (TPSA) is 82.2 Å². The van der Waals surface area contributed by atoms with Gasteiger partial charge in [-0.25, -0.2) is 9.48 Å². The van der Waals surface area contributed by atoms with E-state index in [0.717, 1.165) is 6.54 Å². The smallest absolute Gasteiger partial charge is 0.345 e. The molecule has 0 unspecified atom stereocenters. The summed E-state index contributed by atoms with van der Waals surface area (Å²) in [5, 5.41) is 7.64. The van der Waals surface area contributed by atoms with E-state index in [-0.39, 0.29) is 5.54 Å². The Morgan fingerprint density at radius 3 is 2.63 bits per heavy atom. The minimum Gasteiger partial charge on any atom is -0.465 e. The first-order valence-electron chi connectivity index (χ1n) is 6.55. The Kier molecular flexibility index (Phi) is 3.43. The van der Waals surface area contributed by atoms with Gasteiger partial charge in [-0.3, -0.25) is 0 Å². The molecule has 0 radical (unpaired) electrons. The van der Waals surface area contributed by atoms with Gasteiger partial charge in [-0.15, -0.1) is 0 Å². The number of rotatable bonds is 4. The predicted octanol–water partition coefficient (Wildman–Crippen LogP) is 1.83.